The van der Waals surface area contributed by atoms with Crippen molar-refractivity contribution in [2.75, 3.05) is 6.61 Å². The molecule has 0 aliphatic rings. The molecule has 2 rings (SSSR count). The SMILES string of the molecule is CCOC(=O)CCc1ccn2c(C(F)(F)F)nnc2c1C. The summed E-state index contributed by atoms with van der Waals surface area (Å²) in [6.07, 6.45) is -2.73. The van der Waals surface area contributed by atoms with Gasteiger partial charge in [-0.15, -0.1) is 10.2 Å². The molecule has 2 heterocycles. The fourth-order valence-electron chi connectivity index (χ4n) is 2.06. The third kappa shape index (κ3) is 3.14. The predicted molar refractivity (Wildman–Crippen MR) is 67.7 cm³/mol. The third-order valence-electron chi connectivity index (χ3n) is 3.10. The molecule has 0 aromatic carbocycles. The fourth-order valence-corrected chi connectivity index (χ4v) is 2.06. The van der Waals surface area contributed by atoms with Gasteiger partial charge >= 0.3 is 12.1 Å². The number of pyridine rings is 1. The Labute approximate surface area is 118 Å². The number of ether oxygens (including phenoxy) is 1. The van der Waals surface area contributed by atoms with E-state index < -0.39 is 12.0 Å². The molecule has 0 fully saturated rings. The summed E-state index contributed by atoms with van der Waals surface area (Å²) >= 11 is 0. The van der Waals surface area contributed by atoms with Gasteiger partial charge in [-0.05, 0) is 37.5 Å². The van der Waals surface area contributed by atoms with Crippen LogP contribution < -0.4 is 0 Å². The van der Waals surface area contributed by atoms with Gasteiger partial charge in [-0.1, -0.05) is 0 Å². The van der Waals surface area contributed by atoms with Crippen molar-refractivity contribution in [1.82, 2.24) is 14.6 Å². The van der Waals surface area contributed by atoms with Crippen molar-refractivity contribution in [3.05, 3.63) is 29.2 Å². The highest BCUT2D eigenvalue weighted by Crippen LogP contribution is 2.29. The van der Waals surface area contributed by atoms with Gasteiger partial charge in [0, 0.05) is 12.6 Å². The summed E-state index contributed by atoms with van der Waals surface area (Å²) in [6, 6.07) is 1.54. The average Bonchev–Trinajstić information content (AvgIpc) is 2.83. The van der Waals surface area contributed by atoms with Crippen LogP contribution in [-0.4, -0.2) is 27.2 Å². The lowest BCUT2D eigenvalue weighted by Crippen LogP contribution is -2.11. The standard InChI is InChI=1S/C13H14F3N3O2/c1-3-21-10(20)5-4-9-6-7-19-11(8(9)2)17-18-12(19)13(14,15)16/h6-7H,3-5H2,1-2H3. The fraction of sp³-hybridized carbons (Fsp3) is 0.462. The molecular weight excluding hydrogens is 287 g/mol. The van der Waals surface area contributed by atoms with E-state index in [1.165, 1.54) is 6.20 Å². The van der Waals surface area contributed by atoms with Crippen molar-refractivity contribution >= 4 is 11.6 Å². The van der Waals surface area contributed by atoms with E-state index in [-0.39, 0.29) is 18.0 Å². The Hall–Kier alpha value is -2.12. The number of carbonyl (C=O) groups excluding carboxylic acids is 1. The first-order valence-corrected chi connectivity index (χ1v) is 6.40. The van der Waals surface area contributed by atoms with Crippen molar-refractivity contribution < 1.29 is 22.7 Å². The smallest absolute Gasteiger partial charge is 0.452 e. The second kappa shape index (κ2) is 5.71. The number of nitrogens with zero attached hydrogens (tertiary/aromatic N) is 3. The molecule has 0 aliphatic carbocycles. The van der Waals surface area contributed by atoms with E-state index in [4.69, 9.17) is 4.74 Å². The Morgan fingerprint density at radius 2 is 2.10 bits per heavy atom. The number of fused-ring (bicyclic) bond motifs is 1. The maximum absolute atomic E-state index is 12.7. The Kier molecular flexibility index (Phi) is 4.15. The van der Waals surface area contributed by atoms with Crippen LogP contribution in [0.25, 0.3) is 5.65 Å². The summed E-state index contributed by atoms with van der Waals surface area (Å²) in [5.41, 5.74) is 1.46. The molecule has 0 unspecified atom stereocenters. The van der Waals surface area contributed by atoms with Gasteiger partial charge in [-0.2, -0.15) is 13.2 Å². The van der Waals surface area contributed by atoms with E-state index in [1.807, 2.05) is 0 Å². The predicted octanol–water partition coefficient (Wildman–Crippen LogP) is 2.55. The van der Waals surface area contributed by atoms with Gasteiger partial charge < -0.3 is 4.74 Å². The van der Waals surface area contributed by atoms with E-state index in [2.05, 4.69) is 10.2 Å². The highest BCUT2D eigenvalue weighted by molar-refractivity contribution is 5.70. The van der Waals surface area contributed by atoms with Gasteiger partial charge in [-0.3, -0.25) is 9.20 Å². The Bertz CT molecular complexity index is 664. The van der Waals surface area contributed by atoms with Crippen LogP contribution in [0.3, 0.4) is 0 Å². The Balaban J connectivity index is 2.29. The average molecular weight is 301 g/mol. The second-order valence-corrected chi connectivity index (χ2v) is 4.49. The van der Waals surface area contributed by atoms with Crippen molar-refractivity contribution in [1.29, 1.82) is 0 Å². The quantitative estimate of drug-likeness (QED) is 0.814. The van der Waals surface area contributed by atoms with Crippen LogP contribution in [-0.2, 0) is 22.1 Å². The molecule has 0 saturated heterocycles. The van der Waals surface area contributed by atoms with Crippen LogP contribution in [0.4, 0.5) is 13.2 Å². The summed E-state index contributed by atoms with van der Waals surface area (Å²) in [5, 5.41) is 6.78. The zero-order valence-electron chi connectivity index (χ0n) is 11.6. The first-order valence-electron chi connectivity index (χ1n) is 6.40. The number of aryl methyl sites for hydroxylation is 2. The molecule has 0 amide bonds. The minimum absolute atomic E-state index is 0.142. The summed E-state index contributed by atoms with van der Waals surface area (Å²) in [6.45, 7) is 3.67. The Morgan fingerprint density at radius 3 is 2.71 bits per heavy atom. The van der Waals surface area contributed by atoms with Crippen LogP contribution in [0.15, 0.2) is 12.3 Å². The molecule has 0 N–H and O–H groups in total. The van der Waals surface area contributed by atoms with E-state index in [0.717, 1.165) is 9.96 Å². The van der Waals surface area contributed by atoms with Crippen molar-refractivity contribution in [2.24, 2.45) is 0 Å². The first-order chi connectivity index (χ1) is 9.84. The zero-order valence-corrected chi connectivity index (χ0v) is 11.6. The minimum atomic E-state index is -4.56. The summed E-state index contributed by atoms with van der Waals surface area (Å²) < 4.78 is 43.9. The lowest BCUT2D eigenvalue weighted by molar-refractivity contribution is -0.145. The second-order valence-electron chi connectivity index (χ2n) is 4.49. The molecule has 21 heavy (non-hydrogen) atoms. The van der Waals surface area contributed by atoms with E-state index in [1.54, 1.807) is 19.9 Å². The Morgan fingerprint density at radius 1 is 1.38 bits per heavy atom. The number of halogens is 3. The van der Waals surface area contributed by atoms with Gasteiger partial charge in [0.1, 0.15) is 0 Å². The molecule has 2 aromatic rings. The molecular formula is C13H14F3N3O2. The lowest BCUT2D eigenvalue weighted by Gasteiger charge is -2.08. The lowest BCUT2D eigenvalue weighted by atomic mass is 10.1. The summed E-state index contributed by atoms with van der Waals surface area (Å²) in [4.78, 5) is 11.3. The van der Waals surface area contributed by atoms with Gasteiger partial charge in [0.2, 0.25) is 5.82 Å². The molecule has 8 heteroatoms. The van der Waals surface area contributed by atoms with Crippen molar-refractivity contribution in [2.45, 2.75) is 32.9 Å². The number of rotatable bonds is 4. The normalized spacial score (nSPS) is 11.9. The molecule has 0 saturated carbocycles. The highest BCUT2D eigenvalue weighted by atomic mass is 19.4. The van der Waals surface area contributed by atoms with Crippen LogP contribution in [0, 0.1) is 6.92 Å². The van der Waals surface area contributed by atoms with Gasteiger partial charge in [0.15, 0.2) is 5.65 Å². The maximum atomic E-state index is 12.7. The van der Waals surface area contributed by atoms with Crippen LogP contribution in [0.2, 0.25) is 0 Å². The van der Waals surface area contributed by atoms with E-state index in [0.29, 0.717) is 18.6 Å². The largest absolute Gasteiger partial charge is 0.466 e. The van der Waals surface area contributed by atoms with Crippen LogP contribution in [0.5, 0.6) is 0 Å². The molecule has 5 nitrogen and oxygen atoms in total. The zero-order chi connectivity index (χ0) is 15.6. The monoisotopic (exact) mass is 301 g/mol. The van der Waals surface area contributed by atoms with E-state index in [9.17, 15) is 18.0 Å². The topological polar surface area (TPSA) is 56.5 Å². The molecule has 114 valence electrons. The maximum Gasteiger partial charge on any atom is 0.452 e. The van der Waals surface area contributed by atoms with Crippen LogP contribution in [0.1, 0.15) is 30.3 Å². The minimum Gasteiger partial charge on any atom is -0.466 e. The number of aromatic nitrogens is 3. The van der Waals surface area contributed by atoms with Crippen molar-refractivity contribution in [3.8, 4) is 0 Å². The highest BCUT2D eigenvalue weighted by Gasteiger charge is 2.37. The summed E-state index contributed by atoms with van der Waals surface area (Å²) in [7, 11) is 0. The molecule has 0 atom stereocenters. The van der Waals surface area contributed by atoms with Gasteiger partial charge in [0.05, 0.1) is 6.61 Å². The third-order valence-corrected chi connectivity index (χ3v) is 3.10. The number of alkyl halides is 3. The molecule has 0 radical (unpaired) electrons. The van der Waals surface area contributed by atoms with Crippen molar-refractivity contribution in [3.63, 3.8) is 0 Å². The molecule has 0 bridgehead atoms. The molecule has 2 aromatic heterocycles. The number of carbonyl (C=O) groups is 1. The first kappa shape index (κ1) is 15.3. The van der Waals surface area contributed by atoms with Gasteiger partial charge in [0.25, 0.3) is 0 Å². The molecule has 0 aliphatic heterocycles. The molecule has 0 spiro atoms. The van der Waals surface area contributed by atoms with Gasteiger partial charge in [-0.25, -0.2) is 0 Å². The van der Waals surface area contributed by atoms with E-state index >= 15 is 0 Å². The number of hydrogen-bond donors (Lipinski definition) is 0. The number of hydrogen-bond acceptors (Lipinski definition) is 4. The summed E-state index contributed by atoms with van der Waals surface area (Å²) in [5.74, 6) is -1.40. The van der Waals surface area contributed by atoms with Crippen LogP contribution >= 0.6 is 0 Å². The number of esters is 1.